The molecule has 2 amide bonds. The Morgan fingerprint density at radius 2 is 1.63 bits per heavy atom. The summed E-state index contributed by atoms with van der Waals surface area (Å²) in [4.78, 5) is 34.7. The third-order valence-corrected chi connectivity index (χ3v) is 5.38. The number of amides is 2. The number of ether oxygens (including phenoxy) is 1. The number of hydrogen-bond donors (Lipinski definition) is 3. The predicted octanol–water partition coefficient (Wildman–Crippen LogP) is 2.26. The van der Waals surface area contributed by atoms with Crippen molar-refractivity contribution >= 4 is 18.0 Å². The van der Waals surface area contributed by atoms with Crippen molar-refractivity contribution in [3.8, 4) is 23.0 Å². The van der Waals surface area contributed by atoms with Gasteiger partial charge in [0.2, 0.25) is 0 Å². The summed E-state index contributed by atoms with van der Waals surface area (Å²) in [5.74, 6) is 3.00. The van der Waals surface area contributed by atoms with Crippen molar-refractivity contribution in [2.24, 2.45) is 0 Å². The van der Waals surface area contributed by atoms with E-state index in [1.165, 1.54) is 0 Å². The van der Waals surface area contributed by atoms with Crippen molar-refractivity contribution < 1.29 is 24.2 Å². The van der Waals surface area contributed by atoms with Crippen LogP contribution in [-0.4, -0.2) is 41.8 Å². The van der Waals surface area contributed by atoms with Crippen LogP contribution in [0, 0.1) is 11.8 Å². The Bertz CT molecular complexity index is 1030. The minimum absolute atomic E-state index is 0.0363. The maximum Gasteiger partial charge on any atom is 0.407 e. The van der Waals surface area contributed by atoms with E-state index in [1.54, 1.807) is 0 Å². The average Bonchev–Trinajstić information content (AvgIpc) is 3.46. The lowest BCUT2D eigenvalue weighted by Crippen LogP contribution is -2.42. The van der Waals surface area contributed by atoms with Gasteiger partial charge < -0.3 is 20.5 Å². The molecule has 152 valence electrons. The SMILES string of the molecule is O=C(C#CCNC(=O)OCC1c2ccccc2-c2ccccc21)NC1(C(=O)O)CC1. The second-order valence-corrected chi connectivity index (χ2v) is 7.32. The summed E-state index contributed by atoms with van der Waals surface area (Å²) >= 11 is 0. The number of hydrogen-bond acceptors (Lipinski definition) is 4. The summed E-state index contributed by atoms with van der Waals surface area (Å²) in [6.07, 6.45) is 0.164. The van der Waals surface area contributed by atoms with Gasteiger partial charge in [-0.3, -0.25) is 4.79 Å². The molecule has 7 nitrogen and oxygen atoms in total. The molecule has 1 fully saturated rings. The van der Waals surface area contributed by atoms with Crippen molar-refractivity contribution in [3.05, 3.63) is 59.7 Å². The fourth-order valence-corrected chi connectivity index (χ4v) is 3.66. The summed E-state index contributed by atoms with van der Waals surface area (Å²) in [5, 5.41) is 13.9. The van der Waals surface area contributed by atoms with Crippen LogP contribution in [0.25, 0.3) is 11.1 Å². The zero-order chi connectivity index (χ0) is 21.1. The zero-order valence-electron chi connectivity index (χ0n) is 16.1. The van der Waals surface area contributed by atoms with Gasteiger partial charge in [0.15, 0.2) is 0 Å². The first kappa shape index (κ1) is 19.5. The van der Waals surface area contributed by atoms with Crippen molar-refractivity contribution in [2.45, 2.75) is 24.3 Å². The fourth-order valence-electron chi connectivity index (χ4n) is 3.66. The number of rotatable bonds is 5. The van der Waals surface area contributed by atoms with Crippen LogP contribution in [-0.2, 0) is 14.3 Å². The number of aliphatic carboxylic acids is 1. The van der Waals surface area contributed by atoms with E-state index in [4.69, 9.17) is 9.84 Å². The van der Waals surface area contributed by atoms with E-state index >= 15 is 0 Å². The quantitative estimate of drug-likeness (QED) is 0.663. The second kappa shape index (κ2) is 7.91. The molecular weight excluding hydrogens is 384 g/mol. The third-order valence-electron chi connectivity index (χ3n) is 5.38. The van der Waals surface area contributed by atoms with E-state index in [2.05, 4.69) is 34.6 Å². The monoisotopic (exact) mass is 404 g/mol. The van der Waals surface area contributed by atoms with Crippen LogP contribution in [0.5, 0.6) is 0 Å². The fraction of sp³-hybridized carbons (Fsp3) is 0.261. The molecule has 1 saturated carbocycles. The minimum Gasteiger partial charge on any atom is -0.480 e. The number of carboxylic acids is 1. The summed E-state index contributed by atoms with van der Waals surface area (Å²) in [6.45, 7) is 0.110. The molecule has 2 aliphatic rings. The van der Waals surface area contributed by atoms with Crippen molar-refractivity contribution in [1.82, 2.24) is 10.6 Å². The Morgan fingerprint density at radius 1 is 1.03 bits per heavy atom. The summed E-state index contributed by atoms with van der Waals surface area (Å²) in [7, 11) is 0. The third kappa shape index (κ3) is 3.85. The first-order chi connectivity index (χ1) is 14.5. The standard InChI is InChI=1S/C23H20N2O5/c26-20(25-23(11-12-23)21(27)28)10-5-13-24-22(29)30-14-19-17-8-3-1-6-15(17)16-7-2-4-9-18(16)19/h1-4,6-9,19H,11-14H2,(H,24,29)(H,25,26)(H,27,28). The Morgan fingerprint density at radius 3 is 2.20 bits per heavy atom. The Balaban J connectivity index is 1.28. The molecule has 0 heterocycles. The first-order valence-electron chi connectivity index (χ1n) is 9.63. The normalized spacial score (nSPS) is 15.1. The maximum absolute atomic E-state index is 12.0. The van der Waals surface area contributed by atoms with Crippen LogP contribution < -0.4 is 10.6 Å². The first-order valence-corrected chi connectivity index (χ1v) is 9.63. The highest BCUT2D eigenvalue weighted by Gasteiger charge is 2.51. The highest BCUT2D eigenvalue weighted by atomic mass is 16.5. The molecule has 0 radical (unpaired) electrons. The molecule has 2 aliphatic carbocycles. The van der Waals surface area contributed by atoms with Crippen LogP contribution in [0.4, 0.5) is 4.79 Å². The summed E-state index contributed by atoms with van der Waals surface area (Å²) < 4.78 is 5.37. The van der Waals surface area contributed by atoms with E-state index < -0.39 is 23.5 Å². The van der Waals surface area contributed by atoms with Crippen LogP contribution >= 0.6 is 0 Å². The van der Waals surface area contributed by atoms with Gasteiger partial charge in [0, 0.05) is 5.92 Å². The molecule has 2 aromatic carbocycles. The van der Waals surface area contributed by atoms with Crippen molar-refractivity contribution in [2.75, 3.05) is 13.2 Å². The van der Waals surface area contributed by atoms with E-state index in [-0.39, 0.29) is 19.1 Å². The predicted molar refractivity (Wildman–Crippen MR) is 109 cm³/mol. The van der Waals surface area contributed by atoms with E-state index in [0.29, 0.717) is 12.8 Å². The van der Waals surface area contributed by atoms with Crippen LogP contribution in [0.3, 0.4) is 0 Å². The van der Waals surface area contributed by atoms with Gasteiger partial charge in [-0.15, -0.1) is 0 Å². The maximum atomic E-state index is 12.0. The summed E-state index contributed by atoms with van der Waals surface area (Å²) in [5.41, 5.74) is 3.36. The summed E-state index contributed by atoms with van der Waals surface area (Å²) in [6, 6.07) is 16.1. The number of alkyl carbamates (subject to hydrolysis) is 1. The van der Waals surface area contributed by atoms with Gasteiger partial charge in [-0.2, -0.15) is 0 Å². The van der Waals surface area contributed by atoms with Crippen LogP contribution in [0.15, 0.2) is 48.5 Å². The van der Waals surface area contributed by atoms with E-state index in [9.17, 15) is 14.4 Å². The molecule has 0 bridgehead atoms. The smallest absolute Gasteiger partial charge is 0.407 e. The van der Waals surface area contributed by atoms with Crippen LogP contribution in [0.2, 0.25) is 0 Å². The van der Waals surface area contributed by atoms with E-state index in [0.717, 1.165) is 22.3 Å². The Hall–Kier alpha value is -3.79. The zero-order valence-corrected chi connectivity index (χ0v) is 16.1. The molecule has 0 atom stereocenters. The Kier molecular flexibility index (Phi) is 5.15. The molecule has 0 saturated heterocycles. The molecule has 0 spiro atoms. The number of benzene rings is 2. The highest BCUT2D eigenvalue weighted by molar-refractivity contribution is 5.98. The van der Waals surface area contributed by atoms with Gasteiger partial charge in [0.1, 0.15) is 12.1 Å². The van der Waals surface area contributed by atoms with Gasteiger partial charge in [0.25, 0.3) is 5.91 Å². The number of carboxylic acid groups (broad SMARTS) is 1. The van der Waals surface area contributed by atoms with Gasteiger partial charge in [-0.1, -0.05) is 54.5 Å². The van der Waals surface area contributed by atoms with Crippen molar-refractivity contribution in [1.29, 1.82) is 0 Å². The molecule has 2 aromatic rings. The lowest BCUT2D eigenvalue weighted by Gasteiger charge is -2.14. The second-order valence-electron chi connectivity index (χ2n) is 7.32. The molecular formula is C23H20N2O5. The minimum atomic E-state index is -1.17. The highest BCUT2D eigenvalue weighted by Crippen LogP contribution is 2.44. The lowest BCUT2D eigenvalue weighted by molar-refractivity contribution is -0.142. The average molecular weight is 404 g/mol. The van der Waals surface area contributed by atoms with Gasteiger partial charge in [0.05, 0.1) is 6.54 Å². The van der Waals surface area contributed by atoms with Crippen LogP contribution in [0.1, 0.15) is 29.9 Å². The number of carbonyl (C=O) groups excluding carboxylic acids is 2. The van der Waals surface area contributed by atoms with Gasteiger partial charge in [-0.25, -0.2) is 9.59 Å². The van der Waals surface area contributed by atoms with Crippen molar-refractivity contribution in [3.63, 3.8) is 0 Å². The molecule has 0 aromatic heterocycles. The topological polar surface area (TPSA) is 105 Å². The van der Waals surface area contributed by atoms with Gasteiger partial charge in [-0.05, 0) is 41.0 Å². The molecule has 4 rings (SSSR count). The van der Waals surface area contributed by atoms with E-state index in [1.807, 2.05) is 36.4 Å². The Labute approximate surface area is 173 Å². The largest absolute Gasteiger partial charge is 0.480 e. The molecule has 0 aliphatic heterocycles. The molecule has 3 N–H and O–H groups in total. The molecule has 7 heteroatoms. The number of fused-ring (bicyclic) bond motifs is 3. The molecule has 30 heavy (non-hydrogen) atoms. The number of nitrogens with one attached hydrogen (secondary N) is 2. The van der Waals surface area contributed by atoms with Gasteiger partial charge >= 0.3 is 12.1 Å². The number of carbonyl (C=O) groups is 3. The molecule has 0 unspecified atom stereocenters. The lowest BCUT2D eigenvalue weighted by atomic mass is 9.98.